The summed E-state index contributed by atoms with van der Waals surface area (Å²) in [5.74, 6) is 0.575. The van der Waals surface area contributed by atoms with E-state index in [9.17, 15) is 4.79 Å². The fraction of sp³-hybridized carbons (Fsp3) is 0.389. The molecule has 3 N–H and O–H groups in total. The maximum atomic E-state index is 12.6. The number of hydrogen-bond acceptors (Lipinski definition) is 5. The van der Waals surface area contributed by atoms with Crippen LogP contribution in [0.2, 0.25) is 0 Å². The summed E-state index contributed by atoms with van der Waals surface area (Å²) in [4.78, 5) is 20.7. The van der Waals surface area contributed by atoms with Crippen LogP contribution in [0, 0.1) is 12.3 Å². The fourth-order valence-corrected chi connectivity index (χ4v) is 2.49. The summed E-state index contributed by atoms with van der Waals surface area (Å²) in [6, 6.07) is 7.45. The maximum Gasteiger partial charge on any atom is 0.321 e. The molecule has 1 aromatic carbocycles. The zero-order valence-corrected chi connectivity index (χ0v) is 15.6. The fourth-order valence-electron chi connectivity index (χ4n) is 2.49. The first kappa shape index (κ1) is 20.9. The molecule has 0 saturated heterocycles. The van der Waals surface area contributed by atoms with Gasteiger partial charge in [-0.2, -0.15) is 0 Å². The van der Waals surface area contributed by atoms with Crippen molar-refractivity contribution in [3.63, 3.8) is 0 Å². The highest BCUT2D eigenvalue weighted by Gasteiger charge is 2.33. The number of halogens is 1. The van der Waals surface area contributed by atoms with Crippen LogP contribution >= 0.6 is 12.4 Å². The molecular weight excluding hydrogens is 340 g/mol. The van der Waals surface area contributed by atoms with Crippen molar-refractivity contribution in [1.29, 1.82) is 0 Å². The molecular formula is C18H25ClN4O2. The Morgan fingerprint density at radius 2 is 1.88 bits per heavy atom. The van der Waals surface area contributed by atoms with E-state index in [2.05, 4.69) is 15.3 Å². The summed E-state index contributed by atoms with van der Waals surface area (Å²) in [6.45, 7) is 6.22. The Hall–Kier alpha value is -2.18. The lowest BCUT2D eigenvalue weighted by molar-refractivity contribution is -0.125. The largest absolute Gasteiger partial charge is 0.424 e. The van der Waals surface area contributed by atoms with Crippen LogP contribution in [0.3, 0.4) is 0 Å². The number of nitrogens with zero attached hydrogens (tertiary/aromatic N) is 2. The van der Waals surface area contributed by atoms with Crippen LogP contribution in [-0.2, 0) is 4.79 Å². The van der Waals surface area contributed by atoms with Gasteiger partial charge in [-0.25, -0.2) is 9.97 Å². The zero-order chi connectivity index (χ0) is 17.6. The van der Waals surface area contributed by atoms with E-state index in [1.54, 1.807) is 24.5 Å². The molecule has 1 amide bonds. The highest BCUT2D eigenvalue weighted by Crippen LogP contribution is 2.29. The summed E-state index contributed by atoms with van der Waals surface area (Å²) in [7, 11) is 0. The van der Waals surface area contributed by atoms with Crippen molar-refractivity contribution in [3.05, 3.63) is 42.2 Å². The predicted molar refractivity (Wildman–Crippen MR) is 101 cm³/mol. The second-order valence-electron chi connectivity index (χ2n) is 5.76. The Labute approximate surface area is 154 Å². The number of aryl methyl sites for hydroxylation is 1. The molecule has 0 fully saturated rings. The van der Waals surface area contributed by atoms with Gasteiger partial charge in [0, 0.05) is 24.6 Å². The summed E-state index contributed by atoms with van der Waals surface area (Å²) >= 11 is 0. The number of anilines is 1. The normalized spacial score (nSPS) is 10.7. The minimum absolute atomic E-state index is 0. The van der Waals surface area contributed by atoms with E-state index in [1.807, 2.05) is 32.9 Å². The molecule has 7 heteroatoms. The molecule has 0 atom stereocenters. The van der Waals surface area contributed by atoms with Gasteiger partial charge in [-0.1, -0.05) is 13.8 Å². The van der Waals surface area contributed by atoms with Gasteiger partial charge < -0.3 is 15.8 Å². The quantitative estimate of drug-likeness (QED) is 0.781. The van der Waals surface area contributed by atoms with Gasteiger partial charge in [0.2, 0.25) is 5.91 Å². The molecule has 1 heterocycles. The van der Waals surface area contributed by atoms with Gasteiger partial charge in [-0.3, -0.25) is 4.79 Å². The lowest BCUT2D eigenvalue weighted by Gasteiger charge is -2.28. The maximum absolute atomic E-state index is 12.6. The molecule has 25 heavy (non-hydrogen) atoms. The van der Waals surface area contributed by atoms with E-state index in [4.69, 9.17) is 10.5 Å². The topological polar surface area (TPSA) is 90.1 Å². The molecule has 0 saturated carbocycles. The van der Waals surface area contributed by atoms with E-state index in [-0.39, 0.29) is 24.3 Å². The second kappa shape index (κ2) is 9.34. The predicted octanol–water partition coefficient (Wildman–Crippen LogP) is 3.70. The third kappa shape index (κ3) is 4.90. The van der Waals surface area contributed by atoms with Crippen molar-refractivity contribution in [2.45, 2.75) is 33.6 Å². The number of aromatic nitrogens is 2. The van der Waals surface area contributed by atoms with Crippen LogP contribution in [0.15, 0.2) is 36.7 Å². The van der Waals surface area contributed by atoms with Gasteiger partial charge in [0.25, 0.3) is 0 Å². The molecule has 2 rings (SSSR count). The average Bonchev–Trinajstić information content (AvgIpc) is 2.60. The Kier molecular flexibility index (Phi) is 7.80. The number of carbonyl (C=O) groups is 1. The second-order valence-corrected chi connectivity index (χ2v) is 5.76. The Balaban J connectivity index is 0.00000312. The number of hydrogen-bond donors (Lipinski definition) is 2. The first-order chi connectivity index (χ1) is 11.5. The summed E-state index contributed by atoms with van der Waals surface area (Å²) in [5, 5.41) is 2.99. The van der Waals surface area contributed by atoms with Gasteiger partial charge in [-0.05, 0) is 49.6 Å². The van der Waals surface area contributed by atoms with Crippen LogP contribution in [0.5, 0.6) is 11.8 Å². The van der Waals surface area contributed by atoms with Gasteiger partial charge >= 0.3 is 6.01 Å². The van der Waals surface area contributed by atoms with Gasteiger partial charge in [-0.15, -0.1) is 12.4 Å². The minimum Gasteiger partial charge on any atom is -0.424 e. The molecule has 0 bridgehead atoms. The molecule has 0 aliphatic rings. The van der Waals surface area contributed by atoms with Gasteiger partial charge in [0.1, 0.15) is 5.75 Å². The molecule has 0 spiro atoms. The van der Waals surface area contributed by atoms with Crippen molar-refractivity contribution in [2.75, 3.05) is 11.9 Å². The number of rotatable bonds is 7. The number of nitrogens with one attached hydrogen (secondary N) is 1. The van der Waals surface area contributed by atoms with Crippen molar-refractivity contribution in [2.24, 2.45) is 11.1 Å². The molecule has 0 aliphatic heterocycles. The lowest BCUT2D eigenvalue weighted by atomic mass is 9.81. The van der Waals surface area contributed by atoms with E-state index in [0.29, 0.717) is 25.1 Å². The number of benzene rings is 1. The van der Waals surface area contributed by atoms with Crippen LogP contribution in [0.25, 0.3) is 0 Å². The molecule has 0 aliphatic carbocycles. The number of amides is 1. The zero-order valence-electron chi connectivity index (χ0n) is 14.8. The van der Waals surface area contributed by atoms with Crippen molar-refractivity contribution in [1.82, 2.24) is 9.97 Å². The number of carbonyl (C=O) groups excluding carboxylic acids is 1. The van der Waals surface area contributed by atoms with Crippen LogP contribution in [-0.4, -0.2) is 22.4 Å². The molecule has 0 radical (unpaired) electrons. The molecule has 136 valence electrons. The standard InChI is InChI=1S/C18H24N4O2.ClH/c1-4-18(5-2,12-19)16(23)22-15-8-7-14(11-13(15)3)24-17-20-9-6-10-21-17;/h6-11H,4-5,12,19H2,1-3H3,(H,22,23);1H. The smallest absolute Gasteiger partial charge is 0.321 e. The first-order valence-corrected chi connectivity index (χ1v) is 8.11. The van der Waals surface area contributed by atoms with Crippen LogP contribution in [0.4, 0.5) is 5.69 Å². The summed E-state index contributed by atoms with van der Waals surface area (Å²) in [5.41, 5.74) is 6.96. The van der Waals surface area contributed by atoms with Crippen molar-refractivity contribution < 1.29 is 9.53 Å². The Bertz CT molecular complexity index is 682. The monoisotopic (exact) mass is 364 g/mol. The Morgan fingerprint density at radius 1 is 1.24 bits per heavy atom. The van der Waals surface area contributed by atoms with Crippen LogP contribution in [0.1, 0.15) is 32.3 Å². The molecule has 0 unspecified atom stereocenters. The van der Waals surface area contributed by atoms with Gasteiger partial charge in [0.15, 0.2) is 0 Å². The third-order valence-electron chi connectivity index (χ3n) is 4.42. The molecule has 2 aromatic rings. The van der Waals surface area contributed by atoms with Crippen LogP contribution < -0.4 is 15.8 Å². The number of nitrogens with two attached hydrogens (primary N) is 1. The lowest BCUT2D eigenvalue weighted by Crippen LogP contribution is -2.41. The van der Waals surface area contributed by atoms with E-state index < -0.39 is 5.41 Å². The van der Waals surface area contributed by atoms with Gasteiger partial charge in [0.05, 0.1) is 5.41 Å². The SMILES string of the molecule is CCC(CC)(CN)C(=O)Nc1ccc(Oc2ncccn2)cc1C.Cl. The van der Waals surface area contributed by atoms with E-state index in [1.165, 1.54) is 0 Å². The highest BCUT2D eigenvalue weighted by atomic mass is 35.5. The van der Waals surface area contributed by atoms with E-state index >= 15 is 0 Å². The minimum atomic E-state index is -0.528. The molecule has 6 nitrogen and oxygen atoms in total. The summed E-state index contributed by atoms with van der Waals surface area (Å²) < 4.78 is 5.60. The average molecular weight is 365 g/mol. The third-order valence-corrected chi connectivity index (χ3v) is 4.42. The first-order valence-electron chi connectivity index (χ1n) is 8.11. The summed E-state index contributed by atoms with van der Waals surface area (Å²) in [6.07, 6.45) is 4.65. The highest BCUT2D eigenvalue weighted by molar-refractivity contribution is 5.96. The van der Waals surface area contributed by atoms with Crippen molar-refractivity contribution >= 4 is 24.0 Å². The molecule has 1 aromatic heterocycles. The van der Waals surface area contributed by atoms with Crippen molar-refractivity contribution in [3.8, 4) is 11.8 Å². The van der Waals surface area contributed by atoms with E-state index in [0.717, 1.165) is 11.3 Å². The number of ether oxygens (including phenoxy) is 1. The Morgan fingerprint density at radius 3 is 2.40 bits per heavy atom.